The second-order valence-electron chi connectivity index (χ2n) is 7.98. The van der Waals surface area contributed by atoms with Crippen LogP contribution in [0.3, 0.4) is 0 Å². The molecule has 1 N–H and O–H groups in total. The predicted molar refractivity (Wildman–Crippen MR) is 123 cm³/mol. The Morgan fingerprint density at radius 1 is 1.06 bits per heavy atom. The lowest BCUT2D eigenvalue weighted by atomic mass is 9.82. The smallest absolute Gasteiger partial charge is 0.367 e. The first-order valence-corrected chi connectivity index (χ1v) is 11.1. The Morgan fingerprint density at radius 2 is 1.75 bits per heavy atom. The molecule has 1 unspecified atom stereocenters. The van der Waals surface area contributed by atoms with Crippen LogP contribution in [0.15, 0.2) is 65.9 Å². The highest BCUT2D eigenvalue weighted by molar-refractivity contribution is 6.34. The molecule has 0 fully saturated rings. The van der Waals surface area contributed by atoms with Gasteiger partial charge in [0.25, 0.3) is 5.91 Å². The fourth-order valence-electron chi connectivity index (χ4n) is 3.85. The van der Waals surface area contributed by atoms with Crippen molar-refractivity contribution in [3.8, 4) is 0 Å². The predicted octanol–water partition coefficient (Wildman–Crippen LogP) is 6.45. The van der Waals surface area contributed by atoms with Gasteiger partial charge in [-0.25, -0.2) is 0 Å². The fourth-order valence-corrected chi connectivity index (χ4v) is 4.37. The molecule has 0 spiro atoms. The Labute approximate surface area is 211 Å². The van der Waals surface area contributed by atoms with Gasteiger partial charge in [0.15, 0.2) is 5.71 Å². The van der Waals surface area contributed by atoms with E-state index in [1.54, 1.807) is 24.4 Å². The first-order chi connectivity index (χ1) is 16.9. The van der Waals surface area contributed by atoms with Gasteiger partial charge in [0.1, 0.15) is 0 Å². The number of hydrogen-bond donors (Lipinski definition) is 1. The van der Waals surface area contributed by atoms with Gasteiger partial charge in [-0.2, -0.15) is 22.0 Å². The largest absolute Gasteiger partial charge is 0.442 e. The summed E-state index contributed by atoms with van der Waals surface area (Å²) in [5.41, 5.74) is -5.78. The van der Waals surface area contributed by atoms with Crippen molar-refractivity contribution in [2.75, 3.05) is 0 Å². The number of oxime groups is 1. The number of amides is 1. The molecular weight excluding hydrogens is 528 g/mol. The van der Waals surface area contributed by atoms with Crippen molar-refractivity contribution >= 4 is 34.8 Å². The van der Waals surface area contributed by atoms with Gasteiger partial charge in [-0.1, -0.05) is 40.5 Å². The minimum absolute atomic E-state index is 0.121. The van der Waals surface area contributed by atoms with Gasteiger partial charge in [0, 0.05) is 32.9 Å². The molecule has 4 rings (SSSR count). The van der Waals surface area contributed by atoms with Gasteiger partial charge < -0.3 is 10.2 Å². The molecule has 12 heteroatoms. The number of rotatable bonds is 5. The van der Waals surface area contributed by atoms with Crippen LogP contribution in [0.2, 0.25) is 10.0 Å². The van der Waals surface area contributed by atoms with E-state index < -0.39 is 34.9 Å². The summed E-state index contributed by atoms with van der Waals surface area (Å²) < 4.78 is 73.8. The maximum atomic E-state index is 15.6. The molecule has 1 aromatic heterocycles. The Balaban J connectivity index is 1.66. The zero-order valence-corrected chi connectivity index (χ0v) is 19.8. The molecule has 0 saturated carbocycles. The molecule has 0 radical (unpaired) electrons. The molecule has 2 heterocycles. The number of benzene rings is 2. The second-order valence-corrected chi connectivity index (χ2v) is 8.85. The van der Waals surface area contributed by atoms with Crippen LogP contribution in [0.5, 0.6) is 0 Å². The Morgan fingerprint density at radius 3 is 2.33 bits per heavy atom. The molecule has 188 valence electrons. The van der Waals surface area contributed by atoms with Crippen molar-refractivity contribution in [3.63, 3.8) is 0 Å². The fraction of sp³-hybridized carbons (Fsp3) is 0.208. The summed E-state index contributed by atoms with van der Waals surface area (Å²) in [4.78, 5) is 21.1. The number of carbonyl (C=O) groups is 1. The molecule has 1 aliphatic rings. The molecule has 0 bridgehead atoms. The lowest BCUT2D eigenvalue weighted by Gasteiger charge is -2.34. The third-order valence-electron chi connectivity index (χ3n) is 5.58. The maximum Gasteiger partial charge on any atom is 0.442 e. The first kappa shape index (κ1) is 25.8. The zero-order valence-electron chi connectivity index (χ0n) is 18.3. The van der Waals surface area contributed by atoms with E-state index in [-0.39, 0.29) is 33.3 Å². The highest BCUT2D eigenvalue weighted by Crippen LogP contribution is 2.57. The van der Waals surface area contributed by atoms with Gasteiger partial charge >= 0.3 is 17.7 Å². The molecule has 1 atom stereocenters. The highest BCUT2D eigenvalue weighted by Gasteiger charge is 2.78. The number of hydrogen-bond acceptors (Lipinski definition) is 4. The van der Waals surface area contributed by atoms with E-state index in [9.17, 15) is 18.0 Å². The Hall–Kier alpha value is -3.24. The summed E-state index contributed by atoms with van der Waals surface area (Å²) in [5.74, 6) is -5.19. The van der Waals surface area contributed by atoms with Gasteiger partial charge in [-0.3, -0.25) is 9.78 Å². The van der Waals surface area contributed by atoms with E-state index in [0.29, 0.717) is 17.8 Å². The van der Waals surface area contributed by atoms with Crippen LogP contribution < -0.4 is 5.32 Å². The second kappa shape index (κ2) is 9.33. The lowest BCUT2D eigenvalue weighted by molar-refractivity contribution is -0.326. The number of nitrogens with zero attached hydrogens (tertiary/aromatic N) is 2. The molecular formula is C24H16Cl2F5N3O2. The Kier molecular flexibility index (Phi) is 6.70. The van der Waals surface area contributed by atoms with Crippen molar-refractivity contribution in [1.29, 1.82) is 0 Å². The van der Waals surface area contributed by atoms with E-state index in [2.05, 4.69) is 20.3 Å². The van der Waals surface area contributed by atoms with Crippen molar-refractivity contribution in [3.05, 3.63) is 98.8 Å². The molecule has 5 nitrogen and oxygen atoms in total. The van der Waals surface area contributed by atoms with Crippen LogP contribution in [-0.2, 0) is 17.0 Å². The normalized spacial score (nSPS) is 18.9. The summed E-state index contributed by atoms with van der Waals surface area (Å²) in [7, 11) is 0. The van der Waals surface area contributed by atoms with Crippen molar-refractivity contribution in [1.82, 2.24) is 10.3 Å². The van der Waals surface area contributed by atoms with Crippen molar-refractivity contribution in [2.24, 2.45) is 5.16 Å². The van der Waals surface area contributed by atoms with Crippen LogP contribution in [0.1, 0.15) is 32.7 Å². The average molecular weight is 544 g/mol. The number of aryl methyl sites for hydroxylation is 1. The van der Waals surface area contributed by atoms with Crippen LogP contribution >= 0.6 is 23.2 Å². The topological polar surface area (TPSA) is 63.6 Å². The quantitative estimate of drug-likeness (QED) is 0.376. The number of carbonyl (C=O) groups excluding carboxylic acids is 1. The molecule has 36 heavy (non-hydrogen) atoms. The van der Waals surface area contributed by atoms with Crippen molar-refractivity contribution < 1.29 is 31.6 Å². The minimum Gasteiger partial charge on any atom is -0.367 e. The first-order valence-electron chi connectivity index (χ1n) is 10.3. The third-order valence-corrected chi connectivity index (χ3v) is 6.02. The van der Waals surface area contributed by atoms with Crippen LogP contribution in [0, 0.1) is 6.92 Å². The number of aromatic nitrogens is 1. The molecule has 0 aliphatic carbocycles. The Bertz CT molecular complexity index is 1330. The van der Waals surface area contributed by atoms with Crippen LogP contribution in [-0.4, -0.2) is 28.7 Å². The van der Waals surface area contributed by atoms with E-state index in [1.807, 2.05) is 0 Å². The molecule has 0 saturated heterocycles. The van der Waals surface area contributed by atoms with Crippen LogP contribution in [0.25, 0.3) is 0 Å². The number of nitrogens with one attached hydrogen (secondary N) is 1. The van der Waals surface area contributed by atoms with E-state index in [4.69, 9.17) is 23.2 Å². The maximum absolute atomic E-state index is 15.6. The molecule has 1 aliphatic heterocycles. The van der Waals surface area contributed by atoms with Gasteiger partial charge in [0.05, 0.1) is 12.2 Å². The molecule has 2 aromatic carbocycles. The van der Waals surface area contributed by atoms with Crippen molar-refractivity contribution in [2.45, 2.75) is 31.2 Å². The lowest BCUT2D eigenvalue weighted by Crippen LogP contribution is -2.57. The number of alkyl halides is 5. The standard InChI is InChI=1S/C24H16Cl2F5N3O2/c1-13-8-14(5-6-19(13)21(35)33-12-18-4-2-3-7-32-18)20-23(27,28)22(36-34-20,24(29,30)31)15-9-16(25)11-17(26)10-15/h2-11H,12H2,1H3,(H,33,35). The van der Waals surface area contributed by atoms with E-state index in [0.717, 1.165) is 18.2 Å². The average Bonchev–Trinajstić information content (AvgIpc) is 3.09. The summed E-state index contributed by atoms with van der Waals surface area (Å²) >= 11 is 11.6. The van der Waals surface area contributed by atoms with E-state index in [1.165, 1.54) is 13.0 Å². The zero-order chi connectivity index (χ0) is 26.3. The van der Waals surface area contributed by atoms with Crippen LogP contribution in [0.4, 0.5) is 22.0 Å². The number of halogens is 7. The monoisotopic (exact) mass is 543 g/mol. The summed E-state index contributed by atoms with van der Waals surface area (Å²) in [6.07, 6.45) is -4.04. The summed E-state index contributed by atoms with van der Waals surface area (Å²) in [6.45, 7) is 1.58. The SMILES string of the molecule is Cc1cc(C2=NOC(c3cc(Cl)cc(Cl)c3)(C(F)(F)F)C2(F)F)ccc1C(=O)NCc1ccccn1. The highest BCUT2D eigenvalue weighted by atomic mass is 35.5. The summed E-state index contributed by atoms with van der Waals surface area (Å²) in [5, 5.41) is 5.23. The van der Waals surface area contributed by atoms with Gasteiger partial charge in [0.2, 0.25) is 0 Å². The third kappa shape index (κ3) is 4.39. The van der Waals surface area contributed by atoms with Gasteiger partial charge in [-0.15, -0.1) is 0 Å². The molecule has 3 aromatic rings. The van der Waals surface area contributed by atoms with Gasteiger partial charge in [-0.05, 0) is 55.0 Å². The summed E-state index contributed by atoms with van der Waals surface area (Å²) in [6, 6.07) is 11.1. The van der Waals surface area contributed by atoms with E-state index >= 15 is 8.78 Å². The minimum atomic E-state index is -5.60. The number of pyridine rings is 1. The molecule has 1 amide bonds.